The fourth-order valence-corrected chi connectivity index (χ4v) is 2.55. The number of hydrogen-bond acceptors (Lipinski definition) is 3. The maximum Gasteiger partial charge on any atom is 0.309 e. The van der Waals surface area contributed by atoms with Gasteiger partial charge in [-0.1, -0.05) is 29.8 Å². The Morgan fingerprint density at radius 2 is 2.10 bits per heavy atom. The molecule has 5 nitrogen and oxygen atoms in total. The molecule has 1 amide bonds. The van der Waals surface area contributed by atoms with Gasteiger partial charge in [0.25, 0.3) is 0 Å². The molecule has 2 N–H and O–H groups in total. The first-order chi connectivity index (χ1) is 9.47. The van der Waals surface area contributed by atoms with Gasteiger partial charge in [-0.25, -0.2) is 0 Å². The summed E-state index contributed by atoms with van der Waals surface area (Å²) in [6.45, 7) is 2.96. The van der Waals surface area contributed by atoms with Gasteiger partial charge in [-0.15, -0.1) is 0 Å². The molecule has 1 aromatic rings. The molecule has 0 bridgehead atoms. The molecule has 1 fully saturated rings. The van der Waals surface area contributed by atoms with Crippen molar-refractivity contribution in [2.24, 2.45) is 5.92 Å². The highest BCUT2D eigenvalue weighted by atomic mass is 35.5. The molecule has 0 aliphatic carbocycles. The summed E-state index contributed by atoms with van der Waals surface area (Å²) >= 11 is 6.07. The van der Waals surface area contributed by atoms with Crippen molar-refractivity contribution in [1.82, 2.24) is 10.2 Å². The van der Waals surface area contributed by atoms with Crippen LogP contribution in [-0.2, 0) is 9.59 Å². The molecule has 0 spiro atoms. The first-order valence-corrected chi connectivity index (χ1v) is 6.84. The Bertz CT molecular complexity index is 515. The van der Waals surface area contributed by atoms with Crippen LogP contribution in [0.2, 0.25) is 5.02 Å². The zero-order valence-corrected chi connectivity index (χ0v) is 11.9. The summed E-state index contributed by atoms with van der Waals surface area (Å²) in [7, 11) is 0. The average Bonchev–Trinajstić information content (AvgIpc) is 2.33. The second kappa shape index (κ2) is 6.24. The van der Waals surface area contributed by atoms with Crippen LogP contribution < -0.4 is 5.32 Å². The van der Waals surface area contributed by atoms with Gasteiger partial charge in [0.05, 0.1) is 18.5 Å². The number of carbonyl (C=O) groups excluding carboxylic acids is 1. The van der Waals surface area contributed by atoms with E-state index < -0.39 is 5.97 Å². The highest BCUT2D eigenvalue weighted by molar-refractivity contribution is 6.31. The number of halogens is 1. The molecule has 1 aromatic carbocycles. The predicted octanol–water partition coefficient (Wildman–Crippen LogP) is 1.53. The van der Waals surface area contributed by atoms with E-state index >= 15 is 0 Å². The molecule has 2 rings (SSSR count). The summed E-state index contributed by atoms with van der Waals surface area (Å²) < 4.78 is 0. The second-order valence-electron chi connectivity index (χ2n) is 5.04. The molecule has 1 aliphatic heterocycles. The van der Waals surface area contributed by atoms with Crippen LogP contribution in [0.15, 0.2) is 24.3 Å². The molecule has 0 aromatic heterocycles. The van der Waals surface area contributed by atoms with E-state index in [9.17, 15) is 9.59 Å². The molecular formula is C14H17ClN2O3. The molecular weight excluding hydrogens is 280 g/mol. The molecule has 1 unspecified atom stereocenters. The lowest BCUT2D eigenvalue weighted by molar-refractivity contribution is -0.148. The van der Waals surface area contributed by atoms with Crippen LogP contribution in [0.3, 0.4) is 0 Å². The highest BCUT2D eigenvalue weighted by Crippen LogP contribution is 2.22. The molecule has 108 valence electrons. The van der Waals surface area contributed by atoms with E-state index in [0.29, 0.717) is 18.1 Å². The van der Waals surface area contributed by atoms with Crippen LogP contribution in [0.5, 0.6) is 0 Å². The third kappa shape index (κ3) is 3.49. The van der Waals surface area contributed by atoms with Crippen LogP contribution in [-0.4, -0.2) is 41.5 Å². The minimum Gasteiger partial charge on any atom is -0.481 e. The summed E-state index contributed by atoms with van der Waals surface area (Å²) in [5.74, 6) is -1.27. The molecule has 0 radical (unpaired) electrons. The Morgan fingerprint density at radius 3 is 2.70 bits per heavy atom. The van der Waals surface area contributed by atoms with Gasteiger partial charge in [0.2, 0.25) is 5.91 Å². The van der Waals surface area contributed by atoms with Gasteiger partial charge in [-0.2, -0.15) is 0 Å². The number of aliphatic carboxylic acids is 1. The van der Waals surface area contributed by atoms with Crippen LogP contribution in [0.1, 0.15) is 18.5 Å². The monoisotopic (exact) mass is 296 g/mol. The predicted molar refractivity (Wildman–Crippen MR) is 75.6 cm³/mol. The maximum atomic E-state index is 11.9. The first kappa shape index (κ1) is 14.8. The highest BCUT2D eigenvalue weighted by Gasteiger charge is 2.33. The summed E-state index contributed by atoms with van der Waals surface area (Å²) in [6, 6.07) is 7.19. The Kier molecular flexibility index (Phi) is 4.62. The van der Waals surface area contributed by atoms with Crippen LogP contribution >= 0.6 is 11.6 Å². The van der Waals surface area contributed by atoms with Crippen molar-refractivity contribution < 1.29 is 14.7 Å². The van der Waals surface area contributed by atoms with E-state index in [0.717, 1.165) is 5.56 Å². The van der Waals surface area contributed by atoms with Gasteiger partial charge in [-0.3, -0.25) is 14.5 Å². The number of nitrogens with zero attached hydrogens (tertiary/aromatic N) is 1. The summed E-state index contributed by atoms with van der Waals surface area (Å²) in [6.07, 6.45) is 0. The van der Waals surface area contributed by atoms with E-state index in [1.165, 1.54) is 0 Å². The number of rotatable bonds is 5. The van der Waals surface area contributed by atoms with Crippen molar-refractivity contribution in [3.8, 4) is 0 Å². The summed E-state index contributed by atoms with van der Waals surface area (Å²) in [5.41, 5.74) is 0.870. The third-order valence-electron chi connectivity index (χ3n) is 3.42. The standard InChI is InChI=1S/C14H17ClN2O3/c1-9(11-4-2-3-5-12(11)15)16-13(18)8-17-6-10(7-17)14(19)20/h2-5,9-10H,6-8H2,1H3,(H,16,18)(H,19,20). The molecule has 1 saturated heterocycles. The lowest BCUT2D eigenvalue weighted by Crippen LogP contribution is -2.53. The fraction of sp³-hybridized carbons (Fsp3) is 0.429. The number of nitrogens with one attached hydrogen (secondary N) is 1. The maximum absolute atomic E-state index is 11.9. The van der Waals surface area contributed by atoms with Crippen molar-refractivity contribution in [3.05, 3.63) is 34.9 Å². The zero-order valence-electron chi connectivity index (χ0n) is 11.2. The minimum atomic E-state index is -0.800. The van der Waals surface area contributed by atoms with Gasteiger partial charge in [0, 0.05) is 18.1 Å². The number of benzene rings is 1. The number of likely N-dealkylation sites (tertiary alicyclic amines) is 1. The van der Waals surface area contributed by atoms with E-state index in [2.05, 4.69) is 5.32 Å². The van der Waals surface area contributed by atoms with Gasteiger partial charge in [0.1, 0.15) is 0 Å². The smallest absolute Gasteiger partial charge is 0.309 e. The first-order valence-electron chi connectivity index (χ1n) is 6.46. The van der Waals surface area contributed by atoms with E-state index in [1.54, 1.807) is 6.07 Å². The Labute approximate surface area is 122 Å². The third-order valence-corrected chi connectivity index (χ3v) is 3.77. The van der Waals surface area contributed by atoms with Gasteiger partial charge in [-0.05, 0) is 18.6 Å². The average molecular weight is 297 g/mol. The normalized spacial score (nSPS) is 17.3. The number of carboxylic acid groups (broad SMARTS) is 1. The summed E-state index contributed by atoms with van der Waals surface area (Å²) in [4.78, 5) is 24.4. The number of carboxylic acids is 1. The zero-order chi connectivity index (χ0) is 14.7. The topological polar surface area (TPSA) is 69.6 Å². The van der Waals surface area contributed by atoms with Crippen LogP contribution in [0, 0.1) is 5.92 Å². The van der Waals surface area contributed by atoms with E-state index in [1.807, 2.05) is 30.0 Å². The van der Waals surface area contributed by atoms with E-state index in [4.69, 9.17) is 16.7 Å². The van der Waals surface area contributed by atoms with Gasteiger partial charge >= 0.3 is 5.97 Å². The van der Waals surface area contributed by atoms with Crippen molar-refractivity contribution in [1.29, 1.82) is 0 Å². The van der Waals surface area contributed by atoms with E-state index in [-0.39, 0.29) is 24.4 Å². The van der Waals surface area contributed by atoms with Crippen LogP contribution in [0.25, 0.3) is 0 Å². The van der Waals surface area contributed by atoms with Crippen LogP contribution in [0.4, 0.5) is 0 Å². The van der Waals surface area contributed by atoms with Crippen molar-refractivity contribution in [3.63, 3.8) is 0 Å². The molecule has 0 saturated carbocycles. The molecule has 1 aliphatic rings. The quantitative estimate of drug-likeness (QED) is 0.864. The molecule has 1 atom stereocenters. The number of amides is 1. The largest absolute Gasteiger partial charge is 0.481 e. The van der Waals surface area contributed by atoms with Gasteiger partial charge in [0.15, 0.2) is 0 Å². The fourth-order valence-electron chi connectivity index (χ4n) is 2.25. The van der Waals surface area contributed by atoms with Crippen molar-refractivity contribution in [2.75, 3.05) is 19.6 Å². The minimum absolute atomic E-state index is 0.124. The SMILES string of the molecule is CC(NC(=O)CN1CC(C(=O)O)C1)c1ccccc1Cl. The molecule has 20 heavy (non-hydrogen) atoms. The lowest BCUT2D eigenvalue weighted by Gasteiger charge is -2.36. The number of carbonyl (C=O) groups is 2. The summed E-state index contributed by atoms with van der Waals surface area (Å²) in [5, 5.41) is 12.3. The van der Waals surface area contributed by atoms with Crippen molar-refractivity contribution >= 4 is 23.5 Å². The van der Waals surface area contributed by atoms with Crippen molar-refractivity contribution in [2.45, 2.75) is 13.0 Å². The Balaban J connectivity index is 1.81. The van der Waals surface area contributed by atoms with Gasteiger partial charge < -0.3 is 10.4 Å². The Morgan fingerprint density at radius 1 is 1.45 bits per heavy atom. The second-order valence-corrected chi connectivity index (χ2v) is 5.45. The molecule has 6 heteroatoms. The molecule has 1 heterocycles. The Hall–Kier alpha value is -1.59. The number of hydrogen-bond donors (Lipinski definition) is 2. The lowest BCUT2D eigenvalue weighted by atomic mass is 10.0.